The van der Waals surface area contributed by atoms with E-state index in [1.807, 2.05) is 0 Å². The highest BCUT2D eigenvalue weighted by atomic mass is 79.9. The minimum Gasteiger partial charge on any atom is -0.442 e. The molecule has 0 unspecified atom stereocenters. The molecule has 0 aromatic heterocycles. The fraction of sp³-hybridized carbons (Fsp3) is 0.333. The molecule has 1 fully saturated rings. The summed E-state index contributed by atoms with van der Waals surface area (Å²) >= 11 is 2.86. The second-order valence-electron chi connectivity index (χ2n) is 4.25. The highest BCUT2D eigenvalue weighted by Gasteiger charge is 2.34. The van der Waals surface area contributed by atoms with Crippen molar-refractivity contribution in [2.24, 2.45) is 0 Å². The molecule has 0 aliphatic carbocycles. The molecule has 20 heavy (non-hydrogen) atoms. The Kier molecular flexibility index (Phi) is 4.22. The van der Waals surface area contributed by atoms with E-state index < -0.39 is 23.8 Å². The maximum atomic E-state index is 13.8. The zero-order chi connectivity index (χ0) is 14.9. The van der Waals surface area contributed by atoms with Crippen LogP contribution in [-0.4, -0.2) is 31.2 Å². The van der Waals surface area contributed by atoms with E-state index in [0.717, 1.165) is 4.90 Å². The van der Waals surface area contributed by atoms with Gasteiger partial charge in [-0.3, -0.25) is 9.69 Å². The zero-order valence-electron chi connectivity index (χ0n) is 10.5. The number of halogens is 3. The number of benzene rings is 1. The minimum atomic E-state index is -1.13. The van der Waals surface area contributed by atoms with Crippen LogP contribution in [0.25, 0.3) is 0 Å². The van der Waals surface area contributed by atoms with E-state index in [-0.39, 0.29) is 29.2 Å². The van der Waals surface area contributed by atoms with E-state index in [4.69, 9.17) is 4.74 Å². The number of hydrogen-bond donors (Lipinski definition) is 1. The summed E-state index contributed by atoms with van der Waals surface area (Å²) in [6.45, 7) is 1.49. The number of hydrogen-bond acceptors (Lipinski definition) is 3. The number of carbonyl (C=O) groups excluding carboxylic acids is 2. The largest absolute Gasteiger partial charge is 0.442 e. The standard InChI is InChI=1S/C12H11BrF2N2O3/c1-6(18)16-4-7-5-17(12(19)20-7)9-3-2-8(13)10(14)11(9)15/h2-3,7H,4-5H2,1H3,(H,16,18)/t7-/m0/s1. The average molecular weight is 349 g/mol. The number of amides is 2. The van der Waals surface area contributed by atoms with Gasteiger partial charge in [0.1, 0.15) is 6.10 Å². The van der Waals surface area contributed by atoms with Crippen molar-refractivity contribution in [2.45, 2.75) is 13.0 Å². The van der Waals surface area contributed by atoms with E-state index in [9.17, 15) is 18.4 Å². The van der Waals surface area contributed by atoms with Crippen LogP contribution in [0.15, 0.2) is 16.6 Å². The maximum Gasteiger partial charge on any atom is 0.414 e. The second kappa shape index (κ2) is 5.74. The van der Waals surface area contributed by atoms with Crippen LogP contribution in [0.2, 0.25) is 0 Å². The molecule has 0 saturated carbocycles. The minimum absolute atomic E-state index is 0.0267. The Balaban J connectivity index is 2.16. The van der Waals surface area contributed by atoms with Crippen molar-refractivity contribution < 1.29 is 23.1 Å². The van der Waals surface area contributed by atoms with Gasteiger partial charge in [-0.1, -0.05) is 0 Å². The first-order valence-corrected chi connectivity index (χ1v) is 6.55. The van der Waals surface area contributed by atoms with Crippen LogP contribution < -0.4 is 10.2 Å². The number of ether oxygens (including phenoxy) is 1. The van der Waals surface area contributed by atoms with Crippen LogP contribution >= 0.6 is 15.9 Å². The lowest BCUT2D eigenvalue weighted by atomic mass is 10.2. The van der Waals surface area contributed by atoms with Crippen molar-refractivity contribution in [3.8, 4) is 0 Å². The molecule has 1 aliphatic heterocycles. The number of nitrogens with one attached hydrogen (secondary N) is 1. The Morgan fingerprint density at radius 3 is 2.85 bits per heavy atom. The van der Waals surface area contributed by atoms with Gasteiger partial charge in [0.25, 0.3) is 0 Å². The average Bonchev–Trinajstić information content (AvgIpc) is 2.75. The van der Waals surface area contributed by atoms with Gasteiger partial charge in [0, 0.05) is 6.92 Å². The quantitative estimate of drug-likeness (QED) is 0.852. The van der Waals surface area contributed by atoms with Gasteiger partial charge in [0.2, 0.25) is 5.91 Å². The van der Waals surface area contributed by atoms with Gasteiger partial charge in [-0.05, 0) is 28.1 Å². The van der Waals surface area contributed by atoms with Crippen LogP contribution in [0, 0.1) is 11.6 Å². The molecule has 1 heterocycles. The fourth-order valence-corrected chi connectivity index (χ4v) is 2.11. The number of cyclic esters (lactones) is 1. The molecule has 1 atom stereocenters. The van der Waals surface area contributed by atoms with Gasteiger partial charge < -0.3 is 10.1 Å². The SMILES string of the molecule is CC(=O)NC[C@H]1CN(c2ccc(Br)c(F)c2F)C(=O)O1. The van der Waals surface area contributed by atoms with Crippen molar-refractivity contribution >= 4 is 33.6 Å². The summed E-state index contributed by atoms with van der Waals surface area (Å²) in [5, 5.41) is 2.50. The van der Waals surface area contributed by atoms with Crippen LogP contribution in [0.4, 0.5) is 19.3 Å². The molecule has 5 nitrogen and oxygen atoms in total. The summed E-state index contributed by atoms with van der Waals surface area (Å²) < 4.78 is 32.2. The van der Waals surface area contributed by atoms with Gasteiger partial charge in [-0.2, -0.15) is 0 Å². The molecule has 0 bridgehead atoms. The van der Waals surface area contributed by atoms with E-state index in [1.54, 1.807) is 0 Å². The smallest absolute Gasteiger partial charge is 0.414 e. The first kappa shape index (κ1) is 14.7. The third-order valence-corrected chi connectivity index (χ3v) is 3.37. The predicted octanol–water partition coefficient (Wildman–Crippen LogP) is 2.19. The molecule has 1 N–H and O–H groups in total. The first-order chi connectivity index (χ1) is 9.40. The molecular formula is C12H11BrF2N2O3. The number of anilines is 1. The van der Waals surface area contributed by atoms with E-state index >= 15 is 0 Å². The third kappa shape index (κ3) is 2.90. The van der Waals surface area contributed by atoms with Crippen molar-refractivity contribution in [1.82, 2.24) is 5.32 Å². The van der Waals surface area contributed by atoms with Gasteiger partial charge in [-0.15, -0.1) is 0 Å². The topological polar surface area (TPSA) is 58.6 Å². The Hall–Kier alpha value is -1.70. The lowest BCUT2D eigenvalue weighted by Gasteiger charge is -2.14. The van der Waals surface area contributed by atoms with Crippen molar-refractivity contribution in [1.29, 1.82) is 0 Å². The van der Waals surface area contributed by atoms with Crippen LogP contribution in [0.1, 0.15) is 6.92 Å². The molecule has 1 aromatic carbocycles. The van der Waals surface area contributed by atoms with E-state index in [2.05, 4.69) is 21.2 Å². The molecule has 0 radical (unpaired) electrons. The summed E-state index contributed by atoms with van der Waals surface area (Å²) in [6.07, 6.45) is -1.38. The number of carbonyl (C=O) groups is 2. The molecule has 0 spiro atoms. The summed E-state index contributed by atoms with van der Waals surface area (Å²) in [4.78, 5) is 23.5. The number of rotatable bonds is 3. The highest BCUT2D eigenvalue weighted by molar-refractivity contribution is 9.10. The fourth-order valence-electron chi connectivity index (χ4n) is 1.81. The van der Waals surface area contributed by atoms with Crippen molar-refractivity contribution in [3.63, 3.8) is 0 Å². The summed E-state index contributed by atoms with van der Waals surface area (Å²) in [5.74, 6) is -2.46. The molecule has 1 saturated heterocycles. The van der Waals surface area contributed by atoms with Crippen LogP contribution in [-0.2, 0) is 9.53 Å². The van der Waals surface area contributed by atoms with Gasteiger partial charge in [0.05, 0.1) is 23.2 Å². The monoisotopic (exact) mass is 348 g/mol. The molecule has 1 aliphatic rings. The molecule has 2 amide bonds. The van der Waals surface area contributed by atoms with Gasteiger partial charge in [-0.25, -0.2) is 13.6 Å². The van der Waals surface area contributed by atoms with Crippen LogP contribution in [0.3, 0.4) is 0 Å². The van der Waals surface area contributed by atoms with Crippen molar-refractivity contribution in [3.05, 3.63) is 28.2 Å². The number of nitrogens with zero attached hydrogens (tertiary/aromatic N) is 1. The molecule has 8 heteroatoms. The Labute approximate surface area is 122 Å². The zero-order valence-corrected chi connectivity index (χ0v) is 12.0. The lowest BCUT2D eigenvalue weighted by molar-refractivity contribution is -0.119. The third-order valence-electron chi connectivity index (χ3n) is 2.76. The molecule has 2 rings (SSSR count). The Morgan fingerprint density at radius 1 is 1.50 bits per heavy atom. The lowest BCUT2D eigenvalue weighted by Crippen LogP contribution is -2.33. The first-order valence-electron chi connectivity index (χ1n) is 5.76. The van der Waals surface area contributed by atoms with Gasteiger partial charge in [0.15, 0.2) is 11.6 Å². The summed E-state index contributed by atoms with van der Waals surface area (Å²) in [6, 6.07) is 2.59. The predicted molar refractivity (Wildman–Crippen MR) is 70.4 cm³/mol. The second-order valence-corrected chi connectivity index (χ2v) is 5.10. The van der Waals surface area contributed by atoms with E-state index in [1.165, 1.54) is 19.1 Å². The van der Waals surface area contributed by atoms with Gasteiger partial charge >= 0.3 is 6.09 Å². The Bertz CT molecular complexity index is 568. The van der Waals surface area contributed by atoms with E-state index in [0.29, 0.717) is 0 Å². The van der Waals surface area contributed by atoms with Crippen LogP contribution in [0.5, 0.6) is 0 Å². The molecule has 1 aromatic rings. The van der Waals surface area contributed by atoms with Crippen molar-refractivity contribution in [2.75, 3.05) is 18.0 Å². The summed E-state index contributed by atoms with van der Waals surface area (Å²) in [5.41, 5.74) is -0.193. The maximum absolute atomic E-state index is 13.8. The normalized spacial score (nSPS) is 18.1. The highest BCUT2D eigenvalue weighted by Crippen LogP contribution is 2.29. The molecule has 108 valence electrons. The molecular weight excluding hydrogens is 338 g/mol. The Morgan fingerprint density at radius 2 is 2.20 bits per heavy atom. The summed E-state index contributed by atoms with van der Waals surface area (Å²) in [7, 11) is 0.